The fourth-order valence-corrected chi connectivity index (χ4v) is 4.87. The highest BCUT2D eigenvalue weighted by molar-refractivity contribution is 9.13. The number of halogens is 4. The second-order valence-corrected chi connectivity index (χ2v) is 8.14. The standard InChI is InChI=1S/C13H20Br2N2S.2ClH/c1-3-9(2)12(17-6-4-16-5-7-17)11-8-10(14)13(15)18-11;;/h8-9,12,16H,3-7H2,1-2H3;2*1H/t9?,12-;;/m1../s1. The second kappa shape index (κ2) is 10.0. The number of thiophene rings is 1. The largest absolute Gasteiger partial charge is 0.314 e. The topological polar surface area (TPSA) is 15.3 Å². The molecule has 0 spiro atoms. The first-order valence-electron chi connectivity index (χ1n) is 6.53. The summed E-state index contributed by atoms with van der Waals surface area (Å²) in [7, 11) is 0. The number of nitrogens with zero attached hydrogens (tertiary/aromatic N) is 1. The van der Waals surface area contributed by atoms with Crippen LogP contribution in [0.15, 0.2) is 14.3 Å². The van der Waals surface area contributed by atoms with Gasteiger partial charge in [0.25, 0.3) is 0 Å². The van der Waals surface area contributed by atoms with Crippen LogP contribution in [-0.2, 0) is 0 Å². The lowest BCUT2D eigenvalue weighted by Crippen LogP contribution is -2.46. The van der Waals surface area contributed by atoms with E-state index in [4.69, 9.17) is 0 Å². The molecule has 1 N–H and O–H groups in total. The molecule has 1 aromatic heterocycles. The molecule has 2 atom stereocenters. The van der Waals surface area contributed by atoms with Gasteiger partial charge in [-0.15, -0.1) is 36.2 Å². The van der Waals surface area contributed by atoms with Crippen LogP contribution in [0.4, 0.5) is 0 Å². The van der Waals surface area contributed by atoms with E-state index in [9.17, 15) is 0 Å². The Labute approximate surface area is 155 Å². The molecule has 1 saturated heterocycles. The summed E-state index contributed by atoms with van der Waals surface area (Å²) in [4.78, 5) is 4.11. The lowest BCUT2D eigenvalue weighted by atomic mass is 9.95. The van der Waals surface area contributed by atoms with E-state index in [2.05, 4.69) is 62.0 Å². The van der Waals surface area contributed by atoms with E-state index in [1.54, 1.807) is 0 Å². The van der Waals surface area contributed by atoms with Gasteiger partial charge in [0.1, 0.15) is 0 Å². The molecule has 0 aliphatic carbocycles. The molecule has 0 radical (unpaired) electrons. The third kappa shape index (κ3) is 5.11. The first-order chi connectivity index (χ1) is 8.63. The van der Waals surface area contributed by atoms with E-state index in [0.717, 1.165) is 26.2 Å². The van der Waals surface area contributed by atoms with Gasteiger partial charge in [-0.1, -0.05) is 20.3 Å². The van der Waals surface area contributed by atoms with E-state index >= 15 is 0 Å². The number of rotatable bonds is 4. The van der Waals surface area contributed by atoms with Crippen LogP contribution in [0.2, 0.25) is 0 Å². The zero-order valence-electron chi connectivity index (χ0n) is 11.7. The molecule has 1 unspecified atom stereocenters. The summed E-state index contributed by atoms with van der Waals surface area (Å²) >= 11 is 9.10. The summed E-state index contributed by atoms with van der Waals surface area (Å²) in [5.74, 6) is 0.695. The Morgan fingerprint density at radius 3 is 2.35 bits per heavy atom. The van der Waals surface area contributed by atoms with Crippen molar-refractivity contribution in [2.45, 2.75) is 26.3 Å². The van der Waals surface area contributed by atoms with Crippen LogP contribution >= 0.6 is 68.0 Å². The van der Waals surface area contributed by atoms with Crippen LogP contribution in [0.5, 0.6) is 0 Å². The number of nitrogens with one attached hydrogen (secondary N) is 1. The molecular weight excluding hydrogens is 447 g/mol. The maximum absolute atomic E-state index is 3.62. The number of hydrogen-bond donors (Lipinski definition) is 1. The average Bonchev–Trinajstić information content (AvgIpc) is 2.70. The SMILES string of the molecule is CCC(C)[C@H](c1cc(Br)c(Br)s1)N1CCNCC1.Cl.Cl. The zero-order valence-corrected chi connectivity index (χ0v) is 17.3. The quantitative estimate of drug-likeness (QED) is 0.660. The summed E-state index contributed by atoms with van der Waals surface area (Å²) in [5.41, 5.74) is 0. The summed E-state index contributed by atoms with van der Waals surface area (Å²) < 4.78 is 2.40. The third-order valence-corrected chi connectivity index (χ3v) is 7.01. The maximum atomic E-state index is 3.62. The van der Waals surface area contributed by atoms with Gasteiger partial charge in [-0.2, -0.15) is 0 Å². The Balaban J connectivity index is 0.00000180. The van der Waals surface area contributed by atoms with Crippen molar-refractivity contribution in [3.05, 3.63) is 19.2 Å². The number of piperazine rings is 1. The van der Waals surface area contributed by atoms with Crippen LogP contribution in [0.3, 0.4) is 0 Å². The van der Waals surface area contributed by atoms with Gasteiger partial charge in [0.15, 0.2) is 0 Å². The molecule has 1 aliphatic rings. The van der Waals surface area contributed by atoms with E-state index in [-0.39, 0.29) is 24.8 Å². The number of hydrogen-bond acceptors (Lipinski definition) is 3. The monoisotopic (exact) mass is 466 g/mol. The first kappa shape index (κ1) is 21.2. The van der Waals surface area contributed by atoms with Crippen LogP contribution < -0.4 is 5.32 Å². The smallest absolute Gasteiger partial charge is 0.0843 e. The first-order valence-corrected chi connectivity index (χ1v) is 8.93. The normalized spacial score (nSPS) is 18.8. The minimum absolute atomic E-state index is 0. The minimum Gasteiger partial charge on any atom is -0.314 e. The predicted molar refractivity (Wildman–Crippen MR) is 101 cm³/mol. The molecule has 2 nitrogen and oxygen atoms in total. The fraction of sp³-hybridized carbons (Fsp3) is 0.692. The molecule has 0 amide bonds. The molecule has 1 aliphatic heterocycles. The van der Waals surface area contributed by atoms with Crippen molar-refractivity contribution in [3.8, 4) is 0 Å². The van der Waals surface area contributed by atoms with Crippen LogP contribution in [0.25, 0.3) is 0 Å². The maximum Gasteiger partial charge on any atom is 0.0843 e. The highest BCUT2D eigenvalue weighted by atomic mass is 79.9. The summed E-state index contributed by atoms with van der Waals surface area (Å²) in [6.45, 7) is 9.19. The van der Waals surface area contributed by atoms with Gasteiger partial charge < -0.3 is 5.32 Å². The zero-order chi connectivity index (χ0) is 13.1. The molecule has 1 fully saturated rings. The lowest BCUT2D eigenvalue weighted by Gasteiger charge is -2.37. The molecule has 118 valence electrons. The molecule has 2 rings (SSSR count). The Morgan fingerprint density at radius 2 is 1.90 bits per heavy atom. The van der Waals surface area contributed by atoms with Crippen LogP contribution in [0, 0.1) is 5.92 Å². The van der Waals surface area contributed by atoms with Gasteiger partial charge in [-0.3, -0.25) is 4.90 Å². The van der Waals surface area contributed by atoms with Gasteiger partial charge in [0, 0.05) is 41.6 Å². The highest BCUT2D eigenvalue weighted by Crippen LogP contribution is 2.41. The molecule has 2 heterocycles. The van der Waals surface area contributed by atoms with Gasteiger partial charge in [0.05, 0.1) is 3.79 Å². The molecule has 0 aromatic carbocycles. The Bertz CT molecular complexity index is 378. The Morgan fingerprint density at radius 1 is 1.30 bits per heavy atom. The van der Waals surface area contributed by atoms with Crippen molar-refractivity contribution in [1.29, 1.82) is 0 Å². The molecule has 20 heavy (non-hydrogen) atoms. The van der Waals surface area contributed by atoms with E-state index in [1.165, 1.54) is 19.6 Å². The van der Waals surface area contributed by atoms with E-state index in [0.29, 0.717) is 12.0 Å². The Hall–Kier alpha value is 1.16. The third-order valence-electron chi connectivity index (χ3n) is 3.68. The van der Waals surface area contributed by atoms with Crippen molar-refractivity contribution >= 4 is 68.0 Å². The van der Waals surface area contributed by atoms with Gasteiger partial charge in [0.2, 0.25) is 0 Å². The Kier molecular flexibility index (Phi) is 10.6. The van der Waals surface area contributed by atoms with Crippen molar-refractivity contribution in [3.63, 3.8) is 0 Å². The van der Waals surface area contributed by atoms with Gasteiger partial charge >= 0.3 is 0 Å². The molecule has 1 aromatic rings. The summed E-state index contributed by atoms with van der Waals surface area (Å²) in [6.07, 6.45) is 1.22. The van der Waals surface area contributed by atoms with Crippen LogP contribution in [-0.4, -0.2) is 31.1 Å². The predicted octanol–water partition coefficient (Wildman–Crippen LogP) is 5.11. The van der Waals surface area contributed by atoms with E-state index in [1.807, 2.05) is 11.3 Å². The average molecular weight is 469 g/mol. The van der Waals surface area contributed by atoms with Gasteiger partial charge in [-0.05, 0) is 43.8 Å². The summed E-state index contributed by atoms with van der Waals surface area (Å²) in [5, 5.41) is 3.44. The minimum atomic E-state index is 0. The summed E-state index contributed by atoms with van der Waals surface area (Å²) in [6, 6.07) is 2.85. The molecule has 0 saturated carbocycles. The molecular formula is C13H22Br2Cl2N2S. The highest BCUT2D eigenvalue weighted by Gasteiger charge is 2.28. The lowest BCUT2D eigenvalue weighted by molar-refractivity contribution is 0.131. The fourth-order valence-electron chi connectivity index (χ4n) is 2.51. The van der Waals surface area contributed by atoms with Crippen LogP contribution in [0.1, 0.15) is 31.2 Å². The van der Waals surface area contributed by atoms with Crippen molar-refractivity contribution in [2.24, 2.45) is 5.92 Å². The van der Waals surface area contributed by atoms with Crippen molar-refractivity contribution in [1.82, 2.24) is 10.2 Å². The van der Waals surface area contributed by atoms with Gasteiger partial charge in [-0.25, -0.2) is 0 Å². The van der Waals surface area contributed by atoms with Crippen molar-refractivity contribution in [2.75, 3.05) is 26.2 Å². The van der Waals surface area contributed by atoms with Crippen molar-refractivity contribution < 1.29 is 0 Å². The second-order valence-electron chi connectivity index (χ2n) is 4.89. The molecule has 7 heteroatoms. The molecule has 0 bridgehead atoms. The van der Waals surface area contributed by atoms with E-state index < -0.39 is 0 Å².